The summed E-state index contributed by atoms with van der Waals surface area (Å²) in [5.74, 6) is -1.30. The largest absolute Gasteiger partial charge is 0.478 e. The summed E-state index contributed by atoms with van der Waals surface area (Å²) in [4.78, 5) is 11.1. The van der Waals surface area contributed by atoms with Crippen LogP contribution in [0.3, 0.4) is 0 Å². The maximum absolute atomic E-state index is 13.0. The first-order chi connectivity index (χ1) is 8.49. The van der Waals surface area contributed by atoms with Crippen molar-refractivity contribution in [3.8, 4) is 11.1 Å². The van der Waals surface area contributed by atoms with Gasteiger partial charge < -0.3 is 5.11 Å². The number of halogens is 2. The van der Waals surface area contributed by atoms with Crippen LogP contribution in [0.25, 0.3) is 11.1 Å². The van der Waals surface area contributed by atoms with Crippen LogP contribution in [0.15, 0.2) is 40.9 Å². The molecule has 0 saturated carbocycles. The van der Waals surface area contributed by atoms with Gasteiger partial charge in [-0.25, -0.2) is 9.18 Å². The molecule has 0 radical (unpaired) electrons. The number of hydrogen-bond acceptors (Lipinski definition) is 1. The highest BCUT2D eigenvalue weighted by Crippen LogP contribution is 2.28. The van der Waals surface area contributed by atoms with Gasteiger partial charge in [0.15, 0.2) is 0 Å². The molecular weight excluding hydrogens is 299 g/mol. The summed E-state index contributed by atoms with van der Waals surface area (Å²) in [6.07, 6.45) is 0. The van der Waals surface area contributed by atoms with Crippen LogP contribution in [0.5, 0.6) is 0 Å². The van der Waals surface area contributed by atoms with E-state index in [4.69, 9.17) is 5.11 Å². The van der Waals surface area contributed by atoms with E-state index in [1.165, 1.54) is 12.1 Å². The monoisotopic (exact) mass is 308 g/mol. The Bertz CT molecular complexity index is 623. The molecular formula is C14H10BrFO2. The third-order valence-corrected chi connectivity index (χ3v) is 3.39. The molecule has 0 fully saturated rings. The Morgan fingerprint density at radius 1 is 1.22 bits per heavy atom. The van der Waals surface area contributed by atoms with Crippen molar-refractivity contribution in [1.82, 2.24) is 0 Å². The molecule has 2 aromatic carbocycles. The van der Waals surface area contributed by atoms with Gasteiger partial charge in [-0.05, 0) is 63.8 Å². The maximum atomic E-state index is 13.0. The van der Waals surface area contributed by atoms with E-state index < -0.39 is 5.97 Å². The average molecular weight is 309 g/mol. The van der Waals surface area contributed by atoms with Crippen molar-refractivity contribution in [2.75, 3.05) is 0 Å². The van der Waals surface area contributed by atoms with Crippen LogP contribution in [0, 0.1) is 12.7 Å². The van der Waals surface area contributed by atoms with Crippen LogP contribution in [-0.2, 0) is 0 Å². The van der Waals surface area contributed by atoms with E-state index in [1.54, 1.807) is 31.2 Å². The molecule has 0 heterocycles. The second-order valence-corrected chi connectivity index (χ2v) is 4.81. The number of rotatable bonds is 2. The minimum Gasteiger partial charge on any atom is -0.478 e. The molecule has 2 aromatic rings. The summed E-state index contributed by atoms with van der Waals surface area (Å²) in [7, 11) is 0. The Morgan fingerprint density at radius 2 is 1.94 bits per heavy atom. The number of hydrogen-bond donors (Lipinski definition) is 1. The highest BCUT2D eigenvalue weighted by atomic mass is 79.9. The van der Waals surface area contributed by atoms with Crippen LogP contribution in [-0.4, -0.2) is 11.1 Å². The van der Waals surface area contributed by atoms with Gasteiger partial charge in [0.2, 0.25) is 0 Å². The smallest absolute Gasteiger partial charge is 0.336 e. The third kappa shape index (κ3) is 2.43. The first-order valence-corrected chi connectivity index (χ1v) is 6.07. The molecule has 0 saturated heterocycles. The van der Waals surface area contributed by atoms with E-state index >= 15 is 0 Å². The van der Waals surface area contributed by atoms with Crippen LogP contribution < -0.4 is 0 Å². The zero-order valence-electron chi connectivity index (χ0n) is 9.58. The summed E-state index contributed by atoms with van der Waals surface area (Å²) in [5.41, 5.74) is 2.55. The van der Waals surface area contributed by atoms with E-state index in [9.17, 15) is 9.18 Å². The Balaban J connectivity index is 2.58. The van der Waals surface area contributed by atoms with Crippen molar-refractivity contribution in [3.05, 3.63) is 57.8 Å². The highest BCUT2D eigenvalue weighted by molar-refractivity contribution is 9.10. The zero-order chi connectivity index (χ0) is 13.3. The van der Waals surface area contributed by atoms with Gasteiger partial charge in [-0.1, -0.05) is 12.1 Å². The summed E-state index contributed by atoms with van der Waals surface area (Å²) < 4.78 is 13.6. The Morgan fingerprint density at radius 3 is 2.56 bits per heavy atom. The van der Waals surface area contributed by atoms with Crippen molar-refractivity contribution < 1.29 is 14.3 Å². The molecule has 0 unspecified atom stereocenters. The predicted molar refractivity (Wildman–Crippen MR) is 71.2 cm³/mol. The second-order valence-electron chi connectivity index (χ2n) is 3.96. The van der Waals surface area contributed by atoms with Gasteiger partial charge in [-0.15, -0.1) is 0 Å². The van der Waals surface area contributed by atoms with E-state index in [-0.39, 0.29) is 11.4 Å². The van der Waals surface area contributed by atoms with E-state index in [2.05, 4.69) is 15.9 Å². The van der Waals surface area contributed by atoms with E-state index in [1.807, 2.05) is 0 Å². The molecule has 1 N–H and O–H groups in total. The first-order valence-electron chi connectivity index (χ1n) is 5.28. The Labute approximate surface area is 112 Å². The van der Waals surface area contributed by atoms with Crippen molar-refractivity contribution in [3.63, 3.8) is 0 Å². The SMILES string of the molecule is Cc1cc(F)ccc1-c1ccc(Br)c(C(=O)O)c1. The topological polar surface area (TPSA) is 37.3 Å². The Hall–Kier alpha value is -1.68. The molecule has 2 nitrogen and oxygen atoms in total. The van der Waals surface area contributed by atoms with Gasteiger partial charge in [0, 0.05) is 4.47 Å². The lowest BCUT2D eigenvalue weighted by Gasteiger charge is -2.08. The van der Waals surface area contributed by atoms with Crippen LogP contribution in [0.4, 0.5) is 4.39 Å². The number of carbonyl (C=O) groups is 1. The Kier molecular flexibility index (Phi) is 3.48. The maximum Gasteiger partial charge on any atom is 0.336 e. The van der Waals surface area contributed by atoms with Gasteiger partial charge in [0.1, 0.15) is 5.82 Å². The lowest BCUT2D eigenvalue weighted by molar-refractivity contribution is 0.0696. The number of carboxylic acid groups (broad SMARTS) is 1. The fourth-order valence-electron chi connectivity index (χ4n) is 1.81. The van der Waals surface area contributed by atoms with E-state index in [0.29, 0.717) is 4.47 Å². The lowest BCUT2D eigenvalue weighted by atomic mass is 9.99. The minimum atomic E-state index is -0.997. The molecule has 0 aliphatic heterocycles. The molecule has 2 rings (SSSR count). The standard InChI is InChI=1S/C14H10BrFO2/c1-8-6-10(16)3-4-11(8)9-2-5-13(15)12(7-9)14(17)18/h2-7H,1H3,(H,17,18). The molecule has 0 aromatic heterocycles. The molecule has 18 heavy (non-hydrogen) atoms. The normalized spacial score (nSPS) is 10.4. The minimum absolute atomic E-state index is 0.191. The van der Waals surface area contributed by atoms with Crippen LogP contribution >= 0.6 is 15.9 Å². The number of carboxylic acids is 1. The van der Waals surface area contributed by atoms with Gasteiger partial charge >= 0.3 is 5.97 Å². The van der Waals surface area contributed by atoms with Gasteiger partial charge in [-0.2, -0.15) is 0 Å². The molecule has 92 valence electrons. The number of aromatic carboxylic acids is 1. The molecule has 0 aliphatic rings. The number of benzene rings is 2. The molecule has 0 atom stereocenters. The highest BCUT2D eigenvalue weighted by Gasteiger charge is 2.11. The second kappa shape index (κ2) is 4.90. The molecule has 0 spiro atoms. The first kappa shape index (κ1) is 12.8. The molecule has 4 heteroatoms. The van der Waals surface area contributed by atoms with Crippen molar-refractivity contribution >= 4 is 21.9 Å². The fraction of sp³-hybridized carbons (Fsp3) is 0.0714. The van der Waals surface area contributed by atoms with Crippen LogP contribution in [0.1, 0.15) is 15.9 Å². The van der Waals surface area contributed by atoms with Gasteiger partial charge in [-0.3, -0.25) is 0 Å². The van der Waals surface area contributed by atoms with Crippen LogP contribution in [0.2, 0.25) is 0 Å². The lowest BCUT2D eigenvalue weighted by Crippen LogP contribution is -1.98. The van der Waals surface area contributed by atoms with Crippen molar-refractivity contribution in [2.24, 2.45) is 0 Å². The molecule has 0 aliphatic carbocycles. The summed E-state index contributed by atoms with van der Waals surface area (Å²) >= 11 is 3.19. The zero-order valence-corrected chi connectivity index (χ0v) is 11.2. The summed E-state index contributed by atoms with van der Waals surface area (Å²) in [6.45, 7) is 1.79. The number of aryl methyl sites for hydroxylation is 1. The van der Waals surface area contributed by atoms with Gasteiger partial charge in [0.25, 0.3) is 0 Å². The van der Waals surface area contributed by atoms with Gasteiger partial charge in [0.05, 0.1) is 5.56 Å². The quantitative estimate of drug-likeness (QED) is 0.900. The molecule has 0 amide bonds. The fourth-order valence-corrected chi connectivity index (χ4v) is 2.22. The summed E-state index contributed by atoms with van der Waals surface area (Å²) in [6, 6.07) is 9.51. The van der Waals surface area contributed by atoms with E-state index in [0.717, 1.165) is 16.7 Å². The summed E-state index contributed by atoms with van der Waals surface area (Å²) in [5, 5.41) is 9.06. The van der Waals surface area contributed by atoms with Crippen molar-refractivity contribution in [2.45, 2.75) is 6.92 Å². The molecule has 0 bridgehead atoms. The predicted octanol–water partition coefficient (Wildman–Crippen LogP) is 4.26. The van der Waals surface area contributed by atoms with Crippen molar-refractivity contribution in [1.29, 1.82) is 0 Å². The average Bonchev–Trinajstić information content (AvgIpc) is 2.30. The third-order valence-electron chi connectivity index (χ3n) is 2.70.